The number of benzene rings is 1. The summed E-state index contributed by atoms with van der Waals surface area (Å²) in [6.45, 7) is 8.67. The molecule has 0 unspecified atom stereocenters. The van der Waals surface area contributed by atoms with E-state index < -0.39 is 0 Å². The lowest BCUT2D eigenvalue weighted by atomic mass is 9.86. The van der Waals surface area contributed by atoms with Gasteiger partial charge < -0.3 is 14.3 Å². The zero-order chi connectivity index (χ0) is 18.0. The number of nitrogens with zero attached hydrogens (tertiary/aromatic N) is 1. The first-order valence-corrected chi connectivity index (χ1v) is 8.24. The number of carbonyl (C=O) groups is 1. The van der Waals surface area contributed by atoms with Crippen molar-refractivity contribution < 1.29 is 13.7 Å². The highest BCUT2D eigenvalue weighted by Crippen LogP contribution is 2.26. The van der Waals surface area contributed by atoms with Gasteiger partial charge in [-0.1, -0.05) is 50.2 Å². The number of hydrogen-bond donors (Lipinski definition) is 1. The van der Waals surface area contributed by atoms with E-state index in [4.69, 9.17) is 8.94 Å². The first kappa shape index (κ1) is 17.0. The van der Waals surface area contributed by atoms with Crippen molar-refractivity contribution in [3.05, 3.63) is 65.2 Å². The van der Waals surface area contributed by atoms with Crippen molar-refractivity contribution in [3.63, 3.8) is 0 Å². The Hall–Kier alpha value is -2.82. The molecule has 3 aromatic rings. The number of hydrogen-bond acceptors (Lipinski definition) is 4. The number of carbonyl (C=O) groups excluding carboxylic acids is 1. The lowest BCUT2D eigenvalue weighted by molar-refractivity contribution is 0.0939. The number of aryl methyl sites for hydroxylation is 1. The molecule has 130 valence electrons. The first-order chi connectivity index (χ1) is 11.8. The van der Waals surface area contributed by atoms with Crippen LogP contribution in [0, 0.1) is 6.92 Å². The molecule has 1 aromatic carbocycles. The van der Waals surface area contributed by atoms with E-state index in [2.05, 4.69) is 43.4 Å². The number of amides is 1. The Morgan fingerprint density at radius 3 is 2.44 bits per heavy atom. The van der Waals surface area contributed by atoms with Gasteiger partial charge in [-0.05, 0) is 30.0 Å². The van der Waals surface area contributed by atoms with Crippen LogP contribution in [-0.4, -0.2) is 11.1 Å². The minimum absolute atomic E-state index is 0.0925. The van der Waals surface area contributed by atoms with E-state index in [0.29, 0.717) is 18.1 Å². The van der Waals surface area contributed by atoms with Crippen LogP contribution in [0.2, 0.25) is 0 Å². The Labute approximate surface area is 147 Å². The minimum atomic E-state index is -0.296. The lowest BCUT2D eigenvalue weighted by Crippen LogP contribution is -2.22. The van der Waals surface area contributed by atoms with Crippen LogP contribution in [0.25, 0.3) is 11.3 Å². The van der Waals surface area contributed by atoms with Gasteiger partial charge in [-0.25, -0.2) is 0 Å². The largest absolute Gasteiger partial charge is 0.465 e. The van der Waals surface area contributed by atoms with E-state index >= 15 is 0 Å². The van der Waals surface area contributed by atoms with Crippen LogP contribution in [0.4, 0.5) is 0 Å². The average Bonchev–Trinajstić information content (AvgIpc) is 3.21. The van der Waals surface area contributed by atoms with Crippen molar-refractivity contribution in [1.82, 2.24) is 10.5 Å². The standard InChI is InChI=1S/C20H22N2O3/c1-13-5-10-16(24-13)12-21-19(23)17-11-18(25-22-17)14-6-8-15(9-7-14)20(2,3)4/h5-11H,12H2,1-4H3,(H,21,23). The van der Waals surface area contributed by atoms with Gasteiger partial charge in [0.1, 0.15) is 11.5 Å². The van der Waals surface area contributed by atoms with Gasteiger partial charge in [-0.3, -0.25) is 4.79 Å². The van der Waals surface area contributed by atoms with Crippen molar-refractivity contribution in [3.8, 4) is 11.3 Å². The molecule has 0 aliphatic rings. The normalized spacial score (nSPS) is 11.5. The third kappa shape index (κ3) is 3.99. The monoisotopic (exact) mass is 338 g/mol. The molecular weight excluding hydrogens is 316 g/mol. The van der Waals surface area contributed by atoms with Crippen LogP contribution in [0.5, 0.6) is 0 Å². The van der Waals surface area contributed by atoms with Crippen LogP contribution in [0.3, 0.4) is 0 Å². The quantitative estimate of drug-likeness (QED) is 0.762. The number of furan rings is 1. The Morgan fingerprint density at radius 1 is 1.12 bits per heavy atom. The van der Waals surface area contributed by atoms with Gasteiger partial charge >= 0.3 is 0 Å². The van der Waals surface area contributed by atoms with Crippen LogP contribution < -0.4 is 5.32 Å². The molecule has 2 aromatic heterocycles. The Morgan fingerprint density at radius 2 is 1.84 bits per heavy atom. The Kier molecular flexibility index (Phi) is 4.49. The molecule has 0 saturated carbocycles. The predicted molar refractivity (Wildman–Crippen MR) is 95.3 cm³/mol. The summed E-state index contributed by atoms with van der Waals surface area (Å²) < 4.78 is 10.7. The molecule has 2 heterocycles. The molecule has 5 heteroatoms. The molecule has 1 N–H and O–H groups in total. The Bertz CT molecular complexity index is 867. The topological polar surface area (TPSA) is 68.3 Å². The SMILES string of the molecule is Cc1ccc(CNC(=O)c2cc(-c3ccc(C(C)(C)C)cc3)on2)o1. The molecule has 1 amide bonds. The highest BCUT2D eigenvalue weighted by molar-refractivity contribution is 5.93. The van der Waals surface area contributed by atoms with Crippen LogP contribution in [0.1, 0.15) is 48.3 Å². The van der Waals surface area contributed by atoms with Crippen molar-refractivity contribution in [2.24, 2.45) is 0 Å². The molecule has 0 fully saturated rings. The van der Waals surface area contributed by atoms with Gasteiger partial charge in [-0.2, -0.15) is 0 Å². The Balaban J connectivity index is 1.68. The molecule has 5 nitrogen and oxygen atoms in total. The van der Waals surface area contributed by atoms with E-state index in [1.807, 2.05) is 31.2 Å². The number of nitrogens with one attached hydrogen (secondary N) is 1. The van der Waals surface area contributed by atoms with Crippen LogP contribution in [0.15, 0.2) is 51.4 Å². The zero-order valence-electron chi connectivity index (χ0n) is 14.9. The van der Waals surface area contributed by atoms with Gasteiger partial charge in [0.2, 0.25) is 0 Å². The summed E-state index contributed by atoms with van der Waals surface area (Å²) in [7, 11) is 0. The van der Waals surface area contributed by atoms with E-state index in [1.165, 1.54) is 5.56 Å². The van der Waals surface area contributed by atoms with Gasteiger partial charge in [-0.15, -0.1) is 0 Å². The van der Waals surface area contributed by atoms with Crippen molar-refractivity contribution >= 4 is 5.91 Å². The second-order valence-corrected chi connectivity index (χ2v) is 7.10. The maximum atomic E-state index is 12.2. The smallest absolute Gasteiger partial charge is 0.273 e. The molecule has 25 heavy (non-hydrogen) atoms. The predicted octanol–water partition coefficient (Wildman–Crippen LogP) is 4.47. The van der Waals surface area contributed by atoms with E-state index in [-0.39, 0.29) is 17.0 Å². The van der Waals surface area contributed by atoms with E-state index in [9.17, 15) is 4.79 Å². The third-order valence-corrected chi connectivity index (χ3v) is 4.00. The maximum absolute atomic E-state index is 12.2. The summed E-state index contributed by atoms with van der Waals surface area (Å²) in [5.41, 5.74) is 2.47. The fourth-order valence-corrected chi connectivity index (χ4v) is 2.49. The fraction of sp³-hybridized carbons (Fsp3) is 0.300. The summed E-state index contributed by atoms with van der Waals surface area (Å²) in [5.74, 6) is 1.79. The lowest BCUT2D eigenvalue weighted by Gasteiger charge is -2.18. The summed E-state index contributed by atoms with van der Waals surface area (Å²) >= 11 is 0. The second kappa shape index (κ2) is 6.59. The molecule has 0 bridgehead atoms. The highest BCUT2D eigenvalue weighted by atomic mass is 16.5. The van der Waals surface area contributed by atoms with Gasteiger partial charge in [0.05, 0.1) is 6.54 Å². The maximum Gasteiger partial charge on any atom is 0.273 e. The summed E-state index contributed by atoms with van der Waals surface area (Å²) in [6.07, 6.45) is 0. The summed E-state index contributed by atoms with van der Waals surface area (Å²) in [6, 6.07) is 13.4. The fourth-order valence-electron chi connectivity index (χ4n) is 2.49. The van der Waals surface area contributed by atoms with Gasteiger partial charge in [0.15, 0.2) is 11.5 Å². The van der Waals surface area contributed by atoms with Crippen LogP contribution in [-0.2, 0) is 12.0 Å². The third-order valence-electron chi connectivity index (χ3n) is 4.00. The number of aromatic nitrogens is 1. The highest BCUT2D eigenvalue weighted by Gasteiger charge is 2.16. The zero-order valence-corrected chi connectivity index (χ0v) is 14.9. The van der Waals surface area contributed by atoms with Crippen molar-refractivity contribution in [1.29, 1.82) is 0 Å². The van der Waals surface area contributed by atoms with E-state index in [1.54, 1.807) is 6.07 Å². The summed E-state index contributed by atoms with van der Waals surface area (Å²) in [4.78, 5) is 12.2. The molecule has 0 radical (unpaired) electrons. The molecule has 0 saturated heterocycles. The average molecular weight is 338 g/mol. The molecule has 3 rings (SSSR count). The molecular formula is C20H22N2O3. The second-order valence-electron chi connectivity index (χ2n) is 7.10. The molecule has 0 aliphatic carbocycles. The van der Waals surface area contributed by atoms with Gasteiger partial charge in [0, 0.05) is 11.6 Å². The van der Waals surface area contributed by atoms with Crippen molar-refractivity contribution in [2.75, 3.05) is 0 Å². The van der Waals surface area contributed by atoms with E-state index in [0.717, 1.165) is 11.3 Å². The first-order valence-electron chi connectivity index (χ1n) is 8.24. The molecule has 0 aliphatic heterocycles. The van der Waals surface area contributed by atoms with Crippen LogP contribution >= 0.6 is 0 Å². The molecule has 0 atom stereocenters. The minimum Gasteiger partial charge on any atom is -0.465 e. The van der Waals surface area contributed by atoms with Crippen molar-refractivity contribution in [2.45, 2.75) is 39.7 Å². The molecule has 0 spiro atoms. The number of rotatable bonds is 4. The van der Waals surface area contributed by atoms with Gasteiger partial charge in [0.25, 0.3) is 5.91 Å². The summed E-state index contributed by atoms with van der Waals surface area (Å²) in [5, 5.41) is 6.63.